The third kappa shape index (κ3) is 2.75. The van der Waals surface area contributed by atoms with Crippen molar-refractivity contribution in [3.05, 3.63) is 33.8 Å². The van der Waals surface area contributed by atoms with Crippen LogP contribution in [0.3, 0.4) is 0 Å². The zero-order valence-corrected chi connectivity index (χ0v) is 12.5. The fourth-order valence-corrected chi connectivity index (χ4v) is 2.57. The lowest BCUT2D eigenvalue weighted by Crippen LogP contribution is -2.36. The molecule has 4 heteroatoms. The second-order valence-corrected chi connectivity index (χ2v) is 6.24. The SMILES string of the molecule is Cc1ccc(Br)cc1C(=O)N(C)CC1(CN)CC1. The van der Waals surface area contributed by atoms with Gasteiger partial charge in [-0.1, -0.05) is 22.0 Å². The molecule has 1 fully saturated rings. The Morgan fingerprint density at radius 3 is 2.72 bits per heavy atom. The van der Waals surface area contributed by atoms with E-state index >= 15 is 0 Å². The van der Waals surface area contributed by atoms with Gasteiger partial charge in [-0.15, -0.1) is 0 Å². The summed E-state index contributed by atoms with van der Waals surface area (Å²) in [6, 6.07) is 5.80. The van der Waals surface area contributed by atoms with Gasteiger partial charge in [-0.25, -0.2) is 0 Å². The molecular formula is C14H19BrN2O. The van der Waals surface area contributed by atoms with Gasteiger partial charge in [0, 0.05) is 29.0 Å². The highest BCUT2D eigenvalue weighted by molar-refractivity contribution is 9.10. The van der Waals surface area contributed by atoms with E-state index in [1.165, 1.54) is 0 Å². The molecule has 0 atom stereocenters. The van der Waals surface area contributed by atoms with Crippen LogP contribution < -0.4 is 5.73 Å². The molecule has 3 nitrogen and oxygen atoms in total. The number of nitrogens with two attached hydrogens (primary N) is 1. The molecule has 1 aromatic rings. The summed E-state index contributed by atoms with van der Waals surface area (Å²) in [6.45, 7) is 3.39. The Kier molecular flexibility index (Phi) is 3.78. The van der Waals surface area contributed by atoms with Crippen molar-refractivity contribution < 1.29 is 4.79 Å². The maximum atomic E-state index is 12.4. The van der Waals surface area contributed by atoms with E-state index in [-0.39, 0.29) is 11.3 Å². The van der Waals surface area contributed by atoms with Crippen LogP contribution >= 0.6 is 15.9 Å². The lowest BCUT2D eigenvalue weighted by atomic mass is 10.0. The zero-order valence-electron chi connectivity index (χ0n) is 10.9. The van der Waals surface area contributed by atoms with Crippen LogP contribution in [0.2, 0.25) is 0 Å². The van der Waals surface area contributed by atoms with E-state index in [1.807, 2.05) is 32.2 Å². The highest BCUT2D eigenvalue weighted by atomic mass is 79.9. The summed E-state index contributed by atoms with van der Waals surface area (Å²) in [5.41, 5.74) is 7.72. The predicted molar refractivity (Wildman–Crippen MR) is 76.6 cm³/mol. The van der Waals surface area contributed by atoms with Crippen molar-refractivity contribution in [3.63, 3.8) is 0 Å². The maximum Gasteiger partial charge on any atom is 0.253 e. The molecular weight excluding hydrogens is 292 g/mol. The second-order valence-electron chi connectivity index (χ2n) is 5.32. The quantitative estimate of drug-likeness (QED) is 0.929. The van der Waals surface area contributed by atoms with Gasteiger partial charge in [0.05, 0.1) is 0 Å². The highest BCUT2D eigenvalue weighted by Crippen LogP contribution is 2.45. The number of hydrogen-bond acceptors (Lipinski definition) is 2. The van der Waals surface area contributed by atoms with E-state index in [9.17, 15) is 4.79 Å². The van der Waals surface area contributed by atoms with Crippen LogP contribution in [0.1, 0.15) is 28.8 Å². The Hall–Kier alpha value is -0.870. The van der Waals surface area contributed by atoms with Gasteiger partial charge in [0.1, 0.15) is 0 Å². The Bertz CT molecular complexity index is 469. The first kappa shape index (κ1) is 13.6. The molecule has 0 spiro atoms. The Morgan fingerprint density at radius 2 is 2.17 bits per heavy atom. The zero-order chi connectivity index (χ0) is 13.3. The molecule has 1 aromatic carbocycles. The fraction of sp³-hybridized carbons (Fsp3) is 0.500. The summed E-state index contributed by atoms with van der Waals surface area (Å²) in [5, 5.41) is 0. The van der Waals surface area contributed by atoms with Gasteiger partial charge in [-0.05, 0) is 44.0 Å². The number of amides is 1. The molecule has 0 unspecified atom stereocenters. The number of carbonyl (C=O) groups excluding carboxylic acids is 1. The van der Waals surface area contributed by atoms with Gasteiger partial charge in [-0.2, -0.15) is 0 Å². The largest absolute Gasteiger partial charge is 0.341 e. The number of benzene rings is 1. The average Bonchev–Trinajstić information content (AvgIpc) is 3.11. The van der Waals surface area contributed by atoms with Crippen molar-refractivity contribution in [2.45, 2.75) is 19.8 Å². The molecule has 98 valence electrons. The van der Waals surface area contributed by atoms with Crippen LogP contribution in [0.15, 0.2) is 22.7 Å². The number of aryl methyl sites for hydroxylation is 1. The highest BCUT2D eigenvalue weighted by Gasteiger charge is 2.42. The van der Waals surface area contributed by atoms with E-state index in [1.54, 1.807) is 4.90 Å². The number of nitrogens with zero attached hydrogens (tertiary/aromatic N) is 1. The summed E-state index contributed by atoms with van der Waals surface area (Å²) in [6.07, 6.45) is 2.27. The number of rotatable bonds is 4. The van der Waals surface area contributed by atoms with E-state index in [0.717, 1.165) is 35.0 Å². The molecule has 0 aliphatic heterocycles. The van der Waals surface area contributed by atoms with Crippen molar-refractivity contribution in [1.82, 2.24) is 4.90 Å². The van der Waals surface area contributed by atoms with Crippen molar-refractivity contribution >= 4 is 21.8 Å². The first-order valence-corrected chi connectivity index (χ1v) is 6.98. The van der Waals surface area contributed by atoms with Crippen molar-refractivity contribution in [2.24, 2.45) is 11.1 Å². The van der Waals surface area contributed by atoms with Crippen LogP contribution in [0, 0.1) is 12.3 Å². The monoisotopic (exact) mass is 310 g/mol. The number of hydrogen-bond donors (Lipinski definition) is 1. The van der Waals surface area contributed by atoms with Crippen molar-refractivity contribution in [1.29, 1.82) is 0 Å². The molecule has 1 aliphatic carbocycles. The number of halogens is 1. The minimum Gasteiger partial charge on any atom is -0.341 e. The van der Waals surface area contributed by atoms with E-state index in [0.29, 0.717) is 6.54 Å². The molecule has 1 aliphatic rings. The van der Waals surface area contributed by atoms with Crippen LogP contribution in [0.5, 0.6) is 0 Å². The van der Waals surface area contributed by atoms with Gasteiger partial charge >= 0.3 is 0 Å². The molecule has 0 bridgehead atoms. The third-order valence-corrected chi connectivity index (χ3v) is 4.23. The average molecular weight is 311 g/mol. The normalized spacial score (nSPS) is 16.4. The molecule has 0 aromatic heterocycles. The topological polar surface area (TPSA) is 46.3 Å². The lowest BCUT2D eigenvalue weighted by molar-refractivity contribution is 0.0766. The minimum absolute atomic E-state index is 0.0773. The smallest absolute Gasteiger partial charge is 0.253 e. The standard InChI is InChI=1S/C14H19BrN2O/c1-10-3-4-11(15)7-12(10)13(18)17(2)9-14(8-16)5-6-14/h3-4,7H,5-6,8-9,16H2,1-2H3. The lowest BCUT2D eigenvalue weighted by Gasteiger charge is -2.23. The Labute approximate surface area is 116 Å². The van der Waals surface area contributed by atoms with Gasteiger partial charge in [0.25, 0.3) is 5.91 Å². The van der Waals surface area contributed by atoms with Crippen LogP contribution in [0.4, 0.5) is 0 Å². The fourth-order valence-electron chi connectivity index (χ4n) is 2.21. The van der Waals surface area contributed by atoms with Gasteiger partial charge in [-0.3, -0.25) is 4.79 Å². The number of carbonyl (C=O) groups is 1. The van der Waals surface area contributed by atoms with Crippen LogP contribution in [0.25, 0.3) is 0 Å². The minimum atomic E-state index is 0.0773. The molecule has 2 rings (SSSR count). The van der Waals surface area contributed by atoms with Gasteiger partial charge in [0.2, 0.25) is 0 Å². The summed E-state index contributed by atoms with van der Waals surface area (Å²) >= 11 is 3.41. The first-order valence-electron chi connectivity index (χ1n) is 6.19. The summed E-state index contributed by atoms with van der Waals surface area (Å²) in [4.78, 5) is 14.2. The van der Waals surface area contributed by atoms with E-state index in [2.05, 4.69) is 15.9 Å². The molecule has 2 N–H and O–H groups in total. The summed E-state index contributed by atoms with van der Waals surface area (Å²) in [5.74, 6) is 0.0773. The van der Waals surface area contributed by atoms with Crippen LogP contribution in [-0.4, -0.2) is 30.9 Å². The molecule has 0 saturated heterocycles. The van der Waals surface area contributed by atoms with Gasteiger partial charge in [0.15, 0.2) is 0 Å². The molecule has 18 heavy (non-hydrogen) atoms. The molecule has 0 radical (unpaired) electrons. The van der Waals surface area contributed by atoms with Crippen molar-refractivity contribution in [2.75, 3.05) is 20.1 Å². The van der Waals surface area contributed by atoms with Crippen molar-refractivity contribution in [3.8, 4) is 0 Å². The molecule has 1 amide bonds. The first-order chi connectivity index (χ1) is 8.47. The molecule has 0 heterocycles. The Balaban J connectivity index is 2.13. The summed E-state index contributed by atoms with van der Waals surface area (Å²) in [7, 11) is 1.86. The van der Waals surface area contributed by atoms with Crippen LogP contribution in [-0.2, 0) is 0 Å². The van der Waals surface area contributed by atoms with E-state index in [4.69, 9.17) is 5.73 Å². The van der Waals surface area contributed by atoms with Gasteiger partial charge < -0.3 is 10.6 Å². The maximum absolute atomic E-state index is 12.4. The second kappa shape index (κ2) is 5.02. The predicted octanol–water partition coefficient (Wildman–Crippen LogP) is 2.57. The summed E-state index contributed by atoms with van der Waals surface area (Å²) < 4.78 is 0.935. The van der Waals surface area contributed by atoms with E-state index < -0.39 is 0 Å². The third-order valence-electron chi connectivity index (χ3n) is 3.74. The Morgan fingerprint density at radius 1 is 1.50 bits per heavy atom. The molecule has 1 saturated carbocycles.